The molecule has 3 heterocycles. The molecule has 1 aliphatic rings. The molecule has 4 rings (SSSR count). The Morgan fingerprint density at radius 2 is 1.82 bits per heavy atom. The third-order valence-corrected chi connectivity index (χ3v) is 5.00. The van der Waals surface area contributed by atoms with Gasteiger partial charge in [0.1, 0.15) is 5.52 Å². The van der Waals surface area contributed by atoms with Gasteiger partial charge in [-0.05, 0) is 44.0 Å². The van der Waals surface area contributed by atoms with Crippen molar-refractivity contribution in [1.82, 2.24) is 19.5 Å². The molecular formula is C18H19F3N6O. The van der Waals surface area contributed by atoms with E-state index in [4.69, 9.17) is 10.5 Å². The molecule has 10 heteroatoms. The van der Waals surface area contributed by atoms with E-state index in [0.29, 0.717) is 36.0 Å². The van der Waals surface area contributed by atoms with Crippen LogP contribution in [0.15, 0.2) is 30.5 Å². The first-order chi connectivity index (χ1) is 13.3. The summed E-state index contributed by atoms with van der Waals surface area (Å²) >= 11 is 0. The lowest BCUT2D eigenvalue weighted by Crippen LogP contribution is -2.37. The molecule has 0 unspecified atom stereocenters. The topological polar surface area (TPSA) is 90.9 Å². The minimum absolute atomic E-state index is 0.130. The summed E-state index contributed by atoms with van der Waals surface area (Å²) in [5.41, 5.74) is 6.35. The molecule has 0 bridgehead atoms. The van der Waals surface area contributed by atoms with E-state index in [-0.39, 0.29) is 11.5 Å². The number of ether oxygens (including phenoxy) is 1. The smallest absolute Gasteiger partial charge is 0.381 e. The van der Waals surface area contributed by atoms with Gasteiger partial charge in [-0.1, -0.05) is 0 Å². The number of imidazole rings is 1. The molecule has 0 atom stereocenters. The lowest BCUT2D eigenvalue weighted by Gasteiger charge is -2.36. The monoisotopic (exact) mass is 392 g/mol. The average Bonchev–Trinajstić information content (AvgIpc) is 2.99. The fourth-order valence-electron chi connectivity index (χ4n) is 3.39. The van der Waals surface area contributed by atoms with Gasteiger partial charge in [0.05, 0.1) is 17.3 Å². The highest BCUT2D eigenvalue weighted by atomic mass is 19.4. The SMILES string of the molecule is CC1(n2c(Nc3ccc(C(F)(F)F)cc3)nc3cnc(N)nc32)CCOCC1. The summed E-state index contributed by atoms with van der Waals surface area (Å²) in [6, 6.07) is 4.81. The largest absolute Gasteiger partial charge is 0.416 e. The molecule has 2 aromatic heterocycles. The quantitative estimate of drug-likeness (QED) is 0.706. The van der Waals surface area contributed by atoms with Gasteiger partial charge in [0.25, 0.3) is 0 Å². The van der Waals surface area contributed by atoms with Crippen LogP contribution in [0.5, 0.6) is 0 Å². The first-order valence-corrected chi connectivity index (χ1v) is 8.80. The van der Waals surface area contributed by atoms with Crippen LogP contribution in [0.2, 0.25) is 0 Å². The number of nitrogens with two attached hydrogens (primary N) is 1. The fourth-order valence-corrected chi connectivity index (χ4v) is 3.39. The Balaban J connectivity index is 1.77. The number of fused-ring (bicyclic) bond motifs is 1. The van der Waals surface area contributed by atoms with Gasteiger partial charge < -0.3 is 15.8 Å². The van der Waals surface area contributed by atoms with Crippen molar-refractivity contribution in [3.63, 3.8) is 0 Å². The first-order valence-electron chi connectivity index (χ1n) is 8.80. The summed E-state index contributed by atoms with van der Waals surface area (Å²) in [5.74, 6) is 0.601. The maximum absolute atomic E-state index is 12.8. The maximum Gasteiger partial charge on any atom is 0.416 e. The standard InChI is InChI=1S/C18H19F3N6O/c1-17(6-8-28-9-7-17)27-14-13(10-23-15(22)26-14)25-16(27)24-12-4-2-11(3-5-12)18(19,20)21/h2-5,10H,6-9H2,1H3,(H,24,25)(H2,22,23,26). The maximum atomic E-state index is 12.8. The molecule has 3 aromatic rings. The Labute approximate surface area is 158 Å². The van der Waals surface area contributed by atoms with Gasteiger partial charge in [-0.25, -0.2) is 9.97 Å². The molecular weight excluding hydrogens is 373 g/mol. The summed E-state index contributed by atoms with van der Waals surface area (Å²) in [6.07, 6.45) is -1.36. The number of rotatable bonds is 3. The van der Waals surface area contributed by atoms with E-state index in [1.165, 1.54) is 18.3 Å². The fraction of sp³-hybridized carbons (Fsp3) is 0.389. The predicted molar refractivity (Wildman–Crippen MR) is 98.2 cm³/mol. The zero-order chi connectivity index (χ0) is 19.9. The lowest BCUT2D eigenvalue weighted by atomic mass is 9.92. The van der Waals surface area contributed by atoms with Crippen molar-refractivity contribution in [2.45, 2.75) is 31.5 Å². The Morgan fingerprint density at radius 1 is 1.14 bits per heavy atom. The molecule has 0 spiro atoms. The van der Waals surface area contributed by atoms with E-state index in [2.05, 4.69) is 27.2 Å². The molecule has 0 radical (unpaired) electrons. The van der Waals surface area contributed by atoms with E-state index in [0.717, 1.165) is 25.0 Å². The van der Waals surface area contributed by atoms with Crippen molar-refractivity contribution in [3.05, 3.63) is 36.0 Å². The number of alkyl halides is 3. The molecule has 28 heavy (non-hydrogen) atoms. The zero-order valence-electron chi connectivity index (χ0n) is 15.1. The number of anilines is 3. The van der Waals surface area contributed by atoms with Gasteiger partial charge in [-0.2, -0.15) is 18.2 Å². The van der Waals surface area contributed by atoms with Crippen LogP contribution < -0.4 is 11.1 Å². The van der Waals surface area contributed by atoms with Crippen LogP contribution in [0.4, 0.5) is 30.8 Å². The van der Waals surface area contributed by atoms with Gasteiger partial charge in [-0.3, -0.25) is 4.57 Å². The highest BCUT2D eigenvalue weighted by molar-refractivity contribution is 5.76. The second kappa shape index (κ2) is 6.62. The minimum atomic E-state index is -4.38. The van der Waals surface area contributed by atoms with Crippen molar-refractivity contribution in [2.24, 2.45) is 0 Å². The van der Waals surface area contributed by atoms with E-state index >= 15 is 0 Å². The molecule has 0 saturated carbocycles. The van der Waals surface area contributed by atoms with Gasteiger partial charge >= 0.3 is 6.18 Å². The van der Waals surface area contributed by atoms with Crippen LogP contribution in [0.25, 0.3) is 11.2 Å². The average molecular weight is 392 g/mol. The molecule has 0 amide bonds. The number of nitrogens with one attached hydrogen (secondary N) is 1. The van der Waals surface area contributed by atoms with E-state index in [1.807, 2.05) is 4.57 Å². The molecule has 1 saturated heterocycles. The van der Waals surface area contributed by atoms with Gasteiger partial charge in [-0.15, -0.1) is 0 Å². The number of aromatic nitrogens is 4. The number of hydrogen-bond acceptors (Lipinski definition) is 6. The van der Waals surface area contributed by atoms with Crippen LogP contribution in [0.3, 0.4) is 0 Å². The van der Waals surface area contributed by atoms with Crippen LogP contribution in [0, 0.1) is 0 Å². The van der Waals surface area contributed by atoms with Gasteiger partial charge in [0.15, 0.2) is 5.65 Å². The van der Waals surface area contributed by atoms with Crippen molar-refractivity contribution in [2.75, 3.05) is 24.3 Å². The summed E-state index contributed by atoms with van der Waals surface area (Å²) in [4.78, 5) is 12.9. The third-order valence-electron chi connectivity index (χ3n) is 5.00. The minimum Gasteiger partial charge on any atom is -0.381 e. The van der Waals surface area contributed by atoms with Crippen LogP contribution in [-0.4, -0.2) is 32.7 Å². The molecule has 1 fully saturated rings. The normalized spacial score (nSPS) is 17.0. The highest BCUT2D eigenvalue weighted by Gasteiger charge is 2.34. The summed E-state index contributed by atoms with van der Waals surface area (Å²) in [6.45, 7) is 3.26. The first kappa shape index (κ1) is 18.5. The number of benzene rings is 1. The summed E-state index contributed by atoms with van der Waals surface area (Å²) < 4.78 is 45.8. The molecule has 7 nitrogen and oxygen atoms in total. The van der Waals surface area contributed by atoms with Crippen molar-refractivity contribution in [1.29, 1.82) is 0 Å². The van der Waals surface area contributed by atoms with E-state index < -0.39 is 11.7 Å². The summed E-state index contributed by atoms with van der Waals surface area (Å²) in [7, 11) is 0. The second-order valence-electron chi connectivity index (χ2n) is 7.02. The van der Waals surface area contributed by atoms with Crippen molar-refractivity contribution in [3.8, 4) is 0 Å². The number of hydrogen-bond donors (Lipinski definition) is 2. The van der Waals surface area contributed by atoms with E-state index in [1.54, 1.807) is 0 Å². The number of nitrogen functional groups attached to an aromatic ring is 1. The Hall–Kier alpha value is -2.88. The number of halogens is 3. The predicted octanol–water partition coefficient (Wildman–Crippen LogP) is 3.70. The number of nitrogens with zero attached hydrogens (tertiary/aromatic N) is 4. The van der Waals surface area contributed by atoms with Crippen molar-refractivity contribution < 1.29 is 17.9 Å². The van der Waals surface area contributed by atoms with E-state index in [9.17, 15) is 13.2 Å². The molecule has 0 aliphatic carbocycles. The molecule has 3 N–H and O–H groups in total. The lowest BCUT2D eigenvalue weighted by molar-refractivity contribution is -0.137. The Morgan fingerprint density at radius 3 is 2.46 bits per heavy atom. The van der Waals surface area contributed by atoms with Crippen molar-refractivity contribution >= 4 is 28.7 Å². The zero-order valence-corrected chi connectivity index (χ0v) is 15.1. The Kier molecular flexibility index (Phi) is 4.37. The van der Waals surface area contributed by atoms with Crippen LogP contribution in [-0.2, 0) is 16.5 Å². The van der Waals surface area contributed by atoms with Crippen LogP contribution in [0.1, 0.15) is 25.3 Å². The molecule has 1 aliphatic heterocycles. The Bertz CT molecular complexity index is 993. The third kappa shape index (κ3) is 3.35. The van der Waals surface area contributed by atoms with Gasteiger partial charge in [0, 0.05) is 18.9 Å². The van der Waals surface area contributed by atoms with Gasteiger partial charge in [0.2, 0.25) is 11.9 Å². The highest BCUT2D eigenvalue weighted by Crippen LogP contribution is 2.36. The van der Waals surface area contributed by atoms with Crippen LogP contribution >= 0.6 is 0 Å². The molecule has 1 aromatic carbocycles. The second-order valence-corrected chi connectivity index (χ2v) is 7.02. The summed E-state index contributed by atoms with van der Waals surface area (Å²) in [5, 5.41) is 3.12. The molecule has 148 valence electrons.